The Bertz CT molecular complexity index is 2720. The molecule has 0 atom stereocenters. The lowest BCUT2D eigenvalue weighted by Crippen LogP contribution is -1.96. The maximum absolute atomic E-state index is 2.49. The predicted molar refractivity (Wildman–Crippen MR) is 186 cm³/mol. The van der Waals surface area contributed by atoms with Crippen molar-refractivity contribution in [1.29, 1.82) is 0 Å². The third-order valence-electron chi connectivity index (χ3n) is 9.08. The first kappa shape index (κ1) is 23.2. The van der Waals surface area contributed by atoms with Gasteiger partial charge in [0.2, 0.25) is 0 Å². The van der Waals surface area contributed by atoms with Gasteiger partial charge < -0.3 is 9.13 Å². The van der Waals surface area contributed by atoms with E-state index in [-0.39, 0.29) is 0 Å². The molecule has 0 aliphatic heterocycles. The summed E-state index contributed by atoms with van der Waals surface area (Å²) in [5.74, 6) is 0. The Balaban J connectivity index is 1.42. The van der Waals surface area contributed by atoms with Gasteiger partial charge in [-0.1, -0.05) is 103 Å². The predicted octanol–water partition coefficient (Wildman–Crippen LogP) is 11.4. The molecule has 0 saturated heterocycles. The number of hydrogen-bond donors (Lipinski definition) is 0. The summed E-state index contributed by atoms with van der Waals surface area (Å²) < 4.78 is 7.60. The third-order valence-corrected chi connectivity index (χ3v) is 10.3. The number of thiophene rings is 1. The minimum absolute atomic E-state index is 1.17. The van der Waals surface area contributed by atoms with Crippen LogP contribution in [0.4, 0.5) is 0 Å². The van der Waals surface area contributed by atoms with Gasteiger partial charge in [0, 0.05) is 48.1 Å². The van der Waals surface area contributed by atoms with Crippen LogP contribution in [0, 0.1) is 0 Å². The van der Waals surface area contributed by atoms with Crippen molar-refractivity contribution in [2.45, 2.75) is 0 Å². The van der Waals surface area contributed by atoms with E-state index in [9.17, 15) is 0 Å². The van der Waals surface area contributed by atoms with Gasteiger partial charge in [0.05, 0.1) is 32.5 Å². The van der Waals surface area contributed by atoms with E-state index in [4.69, 9.17) is 0 Å². The lowest BCUT2D eigenvalue weighted by molar-refractivity contribution is 1.18. The molecule has 3 heterocycles. The average Bonchev–Trinajstić information content (AvgIpc) is 3.72. The first-order valence-corrected chi connectivity index (χ1v) is 15.5. The third kappa shape index (κ3) is 3.12. The van der Waals surface area contributed by atoms with Crippen LogP contribution >= 0.6 is 11.3 Å². The molecule has 0 aliphatic rings. The summed E-state index contributed by atoms with van der Waals surface area (Å²) in [5, 5.41) is 10.3. The minimum atomic E-state index is 1.17. The van der Waals surface area contributed by atoms with Crippen LogP contribution in [-0.2, 0) is 0 Å². The van der Waals surface area contributed by atoms with Crippen LogP contribution in [0.1, 0.15) is 0 Å². The maximum Gasteiger partial charge on any atom is 0.0640 e. The van der Waals surface area contributed by atoms with Crippen molar-refractivity contribution in [3.63, 3.8) is 0 Å². The van der Waals surface area contributed by atoms with Crippen molar-refractivity contribution in [2.75, 3.05) is 0 Å². The van der Waals surface area contributed by atoms with Crippen molar-refractivity contribution in [3.8, 4) is 11.4 Å². The zero-order valence-electron chi connectivity index (χ0n) is 23.2. The molecule has 0 aliphatic carbocycles. The van der Waals surface area contributed by atoms with Crippen molar-refractivity contribution in [3.05, 3.63) is 146 Å². The first-order chi connectivity index (χ1) is 21.3. The molecule has 0 spiro atoms. The fourth-order valence-electron chi connectivity index (χ4n) is 7.25. The molecule has 200 valence electrons. The molecule has 0 fully saturated rings. The summed E-state index contributed by atoms with van der Waals surface area (Å²) in [6.07, 6.45) is 0. The number of rotatable bonds is 2. The van der Waals surface area contributed by atoms with Gasteiger partial charge in [0.15, 0.2) is 0 Å². The summed E-state index contributed by atoms with van der Waals surface area (Å²) in [6.45, 7) is 0. The zero-order valence-corrected chi connectivity index (χ0v) is 24.0. The Hall–Kier alpha value is -5.38. The van der Waals surface area contributed by atoms with Gasteiger partial charge in [-0.15, -0.1) is 11.3 Å². The molecule has 0 bridgehead atoms. The van der Waals surface area contributed by atoms with E-state index in [1.54, 1.807) is 0 Å². The highest BCUT2D eigenvalue weighted by Gasteiger charge is 2.21. The molecule has 0 saturated carbocycles. The SMILES string of the molecule is c1ccc(-n2c3cc4c(cc3c3ccc5ccccc5c32)c2ccccc2n4-c2cccc3c2sc2ccccc23)cc1. The normalized spacial score (nSPS) is 12.2. The van der Waals surface area contributed by atoms with Crippen molar-refractivity contribution < 1.29 is 0 Å². The highest BCUT2D eigenvalue weighted by atomic mass is 32.1. The Morgan fingerprint density at radius 2 is 1.09 bits per heavy atom. The van der Waals surface area contributed by atoms with E-state index in [1.165, 1.54) is 85.9 Å². The number of nitrogens with zero attached hydrogens (tertiary/aromatic N) is 2. The van der Waals surface area contributed by atoms with E-state index < -0.39 is 0 Å². The number of hydrogen-bond acceptors (Lipinski definition) is 1. The van der Waals surface area contributed by atoms with Crippen LogP contribution in [-0.4, -0.2) is 9.13 Å². The van der Waals surface area contributed by atoms with Crippen LogP contribution in [0.15, 0.2) is 146 Å². The molecule has 2 nitrogen and oxygen atoms in total. The summed E-state index contributed by atoms with van der Waals surface area (Å²) in [5.41, 5.74) is 7.34. The molecule has 3 aromatic heterocycles. The van der Waals surface area contributed by atoms with Crippen molar-refractivity contribution in [2.24, 2.45) is 0 Å². The molecule has 0 N–H and O–H groups in total. The second kappa shape index (κ2) is 8.57. The highest BCUT2D eigenvalue weighted by molar-refractivity contribution is 7.26. The highest BCUT2D eigenvalue weighted by Crippen LogP contribution is 2.44. The summed E-state index contributed by atoms with van der Waals surface area (Å²) >= 11 is 1.89. The molecule has 10 rings (SSSR count). The zero-order chi connectivity index (χ0) is 28.1. The summed E-state index contributed by atoms with van der Waals surface area (Å²) in [6, 6.07) is 53.4. The molecule has 0 amide bonds. The molecule has 0 unspecified atom stereocenters. The van der Waals surface area contributed by atoms with E-state index in [2.05, 4.69) is 155 Å². The van der Waals surface area contributed by atoms with Crippen LogP contribution in [0.5, 0.6) is 0 Å². The van der Waals surface area contributed by atoms with Crippen molar-refractivity contribution in [1.82, 2.24) is 9.13 Å². The molecular weight excluding hydrogens is 541 g/mol. The maximum atomic E-state index is 2.49. The van der Waals surface area contributed by atoms with Gasteiger partial charge >= 0.3 is 0 Å². The Labute approximate surface area is 251 Å². The summed E-state index contributed by atoms with van der Waals surface area (Å²) in [7, 11) is 0. The largest absolute Gasteiger partial charge is 0.309 e. The van der Waals surface area contributed by atoms with E-state index in [0.29, 0.717) is 0 Å². The topological polar surface area (TPSA) is 9.86 Å². The van der Waals surface area contributed by atoms with Gasteiger partial charge in [-0.3, -0.25) is 0 Å². The number of fused-ring (bicyclic) bond motifs is 11. The van der Waals surface area contributed by atoms with Crippen molar-refractivity contribution >= 4 is 85.9 Å². The number of para-hydroxylation sites is 2. The van der Waals surface area contributed by atoms with Crippen LogP contribution in [0.25, 0.3) is 85.9 Å². The van der Waals surface area contributed by atoms with Gasteiger partial charge in [0.1, 0.15) is 0 Å². The van der Waals surface area contributed by atoms with Gasteiger partial charge in [0.25, 0.3) is 0 Å². The van der Waals surface area contributed by atoms with Crippen LogP contribution in [0.3, 0.4) is 0 Å². The molecule has 3 heteroatoms. The molecule has 0 radical (unpaired) electrons. The lowest BCUT2D eigenvalue weighted by Gasteiger charge is -2.11. The second-order valence-corrected chi connectivity index (χ2v) is 12.4. The average molecular weight is 565 g/mol. The molecular formula is C40H24N2S. The fourth-order valence-corrected chi connectivity index (χ4v) is 8.46. The Morgan fingerprint density at radius 3 is 2.00 bits per heavy atom. The van der Waals surface area contributed by atoms with Gasteiger partial charge in [-0.2, -0.15) is 0 Å². The van der Waals surface area contributed by atoms with E-state index >= 15 is 0 Å². The molecule has 7 aromatic carbocycles. The standard InChI is InChI=1S/C40H24N2S/c1-2-12-26(13-3-1)41-36-24-37-32(23-33(36)30-22-21-25-11-4-5-14-27(25)39(30)41)28-15-6-8-18-34(28)42(37)35-19-10-17-31-29-16-7-9-20-38(29)43-40(31)35/h1-24H. The monoisotopic (exact) mass is 564 g/mol. The van der Waals surface area contributed by atoms with Gasteiger partial charge in [-0.25, -0.2) is 0 Å². The smallest absolute Gasteiger partial charge is 0.0640 e. The van der Waals surface area contributed by atoms with Crippen LogP contribution in [0.2, 0.25) is 0 Å². The number of benzene rings is 7. The minimum Gasteiger partial charge on any atom is -0.309 e. The van der Waals surface area contributed by atoms with Crippen LogP contribution < -0.4 is 0 Å². The summed E-state index contributed by atoms with van der Waals surface area (Å²) in [4.78, 5) is 0. The fraction of sp³-hybridized carbons (Fsp3) is 0. The number of aromatic nitrogens is 2. The second-order valence-electron chi connectivity index (χ2n) is 11.3. The Kier molecular flexibility index (Phi) is 4.63. The first-order valence-electron chi connectivity index (χ1n) is 14.7. The molecule has 10 aromatic rings. The van der Waals surface area contributed by atoms with E-state index in [0.717, 1.165) is 0 Å². The van der Waals surface area contributed by atoms with E-state index in [1.807, 2.05) is 11.3 Å². The quantitative estimate of drug-likeness (QED) is 0.198. The molecule has 43 heavy (non-hydrogen) atoms. The van der Waals surface area contributed by atoms with Gasteiger partial charge in [-0.05, 0) is 47.9 Å². The lowest BCUT2D eigenvalue weighted by atomic mass is 10.0. The Morgan fingerprint density at radius 1 is 0.395 bits per heavy atom.